The standard InChI is InChI=1S/C18H23ClN4O2S/c1-13-7-9-23(10-8-13)17(24)12-26-18-21-20-16(22(18)2)11-25-15-6-4-3-5-14(15)19/h3-6,13H,7-12H2,1-2H3. The van der Waals surface area contributed by atoms with Gasteiger partial charge in [-0.05, 0) is 30.9 Å². The van der Waals surface area contributed by atoms with Gasteiger partial charge in [-0.3, -0.25) is 4.79 Å². The Bertz CT molecular complexity index is 759. The number of hydrogen-bond acceptors (Lipinski definition) is 5. The molecule has 6 nitrogen and oxygen atoms in total. The predicted octanol–water partition coefficient (Wildman–Crippen LogP) is 3.40. The fourth-order valence-electron chi connectivity index (χ4n) is 2.78. The molecule has 1 aromatic heterocycles. The minimum absolute atomic E-state index is 0.166. The number of likely N-dealkylation sites (tertiary alicyclic amines) is 1. The average molecular weight is 395 g/mol. The van der Waals surface area contributed by atoms with E-state index in [9.17, 15) is 4.79 Å². The van der Waals surface area contributed by atoms with Gasteiger partial charge in [0.05, 0.1) is 10.8 Å². The number of amides is 1. The molecule has 26 heavy (non-hydrogen) atoms. The van der Waals surface area contributed by atoms with Crippen molar-refractivity contribution in [3.63, 3.8) is 0 Å². The lowest BCUT2D eigenvalue weighted by Gasteiger charge is -2.30. The van der Waals surface area contributed by atoms with Crippen molar-refractivity contribution in [2.75, 3.05) is 18.8 Å². The van der Waals surface area contributed by atoms with Gasteiger partial charge < -0.3 is 14.2 Å². The van der Waals surface area contributed by atoms with E-state index in [0.29, 0.717) is 33.4 Å². The second-order valence-electron chi connectivity index (χ2n) is 6.53. The summed E-state index contributed by atoms with van der Waals surface area (Å²) in [6, 6.07) is 7.31. The largest absolute Gasteiger partial charge is 0.484 e. The van der Waals surface area contributed by atoms with Gasteiger partial charge in [-0.1, -0.05) is 42.4 Å². The summed E-state index contributed by atoms with van der Waals surface area (Å²) in [6.45, 7) is 4.22. The molecule has 1 aliphatic heterocycles. The lowest BCUT2D eigenvalue weighted by atomic mass is 9.99. The Morgan fingerprint density at radius 3 is 2.77 bits per heavy atom. The van der Waals surface area contributed by atoms with Gasteiger partial charge in [0.15, 0.2) is 11.0 Å². The van der Waals surface area contributed by atoms with Crippen molar-refractivity contribution >= 4 is 29.3 Å². The summed E-state index contributed by atoms with van der Waals surface area (Å²) in [7, 11) is 1.88. The number of carbonyl (C=O) groups excluding carboxylic acids is 1. The summed E-state index contributed by atoms with van der Waals surface area (Å²) in [4.78, 5) is 14.3. The van der Waals surface area contributed by atoms with Gasteiger partial charge in [-0.15, -0.1) is 10.2 Å². The van der Waals surface area contributed by atoms with E-state index in [0.717, 1.165) is 25.9 Å². The van der Waals surface area contributed by atoms with Crippen LogP contribution in [0.15, 0.2) is 29.4 Å². The molecule has 1 aromatic carbocycles. The molecule has 3 rings (SSSR count). The molecule has 1 fully saturated rings. The lowest BCUT2D eigenvalue weighted by Crippen LogP contribution is -2.38. The van der Waals surface area contributed by atoms with Gasteiger partial charge in [0, 0.05) is 20.1 Å². The summed E-state index contributed by atoms with van der Waals surface area (Å²) >= 11 is 7.50. The SMILES string of the molecule is CC1CCN(C(=O)CSc2nnc(COc3ccccc3Cl)n2C)CC1. The highest BCUT2D eigenvalue weighted by Crippen LogP contribution is 2.24. The van der Waals surface area contributed by atoms with Gasteiger partial charge in [0.25, 0.3) is 0 Å². The van der Waals surface area contributed by atoms with Crippen molar-refractivity contribution < 1.29 is 9.53 Å². The van der Waals surface area contributed by atoms with Crippen LogP contribution in [0, 0.1) is 5.92 Å². The maximum atomic E-state index is 12.4. The van der Waals surface area contributed by atoms with E-state index in [1.807, 2.05) is 34.7 Å². The molecule has 0 aliphatic carbocycles. The number of hydrogen-bond donors (Lipinski definition) is 0. The lowest BCUT2D eigenvalue weighted by molar-refractivity contribution is -0.129. The summed E-state index contributed by atoms with van der Waals surface area (Å²) in [6.07, 6.45) is 2.17. The summed E-state index contributed by atoms with van der Waals surface area (Å²) < 4.78 is 7.56. The Morgan fingerprint density at radius 2 is 2.04 bits per heavy atom. The van der Waals surface area contributed by atoms with E-state index in [1.54, 1.807) is 6.07 Å². The van der Waals surface area contributed by atoms with Crippen molar-refractivity contribution in [3.8, 4) is 5.75 Å². The van der Waals surface area contributed by atoms with Crippen molar-refractivity contribution in [3.05, 3.63) is 35.1 Å². The Balaban J connectivity index is 1.52. The zero-order valence-corrected chi connectivity index (χ0v) is 16.6. The number of benzene rings is 1. The van der Waals surface area contributed by atoms with Crippen molar-refractivity contribution in [1.29, 1.82) is 0 Å². The van der Waals surface area contributed by atoms with Gasteiger partial charge in [-0.2, -0.15) is 0 Å². The number of carbonyl (C=O) groups is 1. The Morgan fingerprint density at radius 1 is 1.31 bits per heavy atom. The Hall–Kier alpha value is -1.73. The molecular formula is C18H23ClN4O2S. The molecule has 0 bridgehead atoms. The Labute approximate surface area is 162 Å². The molecule has 0 saturated carbocycles. The molecule has 140 valence electrons. The number of rotatable bonds is 6. The molecule has 8 heteroatoms. The van der Waals surface area contributed by atoms with Crippen LogP contribution in [-0.4, -0.2) is 44.4 Å². The van der Waals surface area contributed by atoms with Gasteiger partial charge in [-0.25, -0.2) is 0 Å². The van der Waals surface area contributed by atoms with Crippen LogP contribution in [0.25, 0.3) is 0 Å². The van der Waals surface area contributed by atoms with Crippen LogP contribution in [-0.2, 0) is 18.4 Å². The third-order valence-electron chi connectivity index (χ3n) is 4.58. The summed E-state index contributed by atoms with van der Waals surface area (Å²) in [5.41, 5.74) is 0. The number of piperidine rings is 1. The van der Waals surface area contributed by atoms with Crippen LogP contribution in [0.3, 0.4) is 0 Å². The van der Waals surface area contributed by atoms with Crippen LogP contribution in [0.5, 0.6) is 5.75 Å². The van der Waals surface area contributed by atoms with Crippen LogP contribution in [0.2, 0.25) is 5.02 Å². The normalized spacial score (nSPS) is 15.3. The second-order valence-corrected chi connectivity index (χ2v) is 7.88. The smallest absolute Gasteiger partial charge is 0.233 e. The third-order valence-corrected chi connectivity index (χ3v) is 5.90. The van der Waals surface area contributed by atoms with Crippen LogP contribution in [0.4, 0.5) is 0 Å². The van der Waals surface area contributed by atoms with Crippen molar-refractivity contribution in [1.82, 2.24) is 19.7 Å². The van der Waals surface area contributed by atoms with E-state index in [1.165, 1.54) is 11.8 Å². The minimum atomic E-state index is 0.166. The molecule has 1 saturated heterocycles. The molecule has 0 atom stereocenters. The first-order valence-electron chi connectivity index (χ1n) is 8.70. The number of halogens is 1. The predicted molar refractivity (Wildman–Crippen MR) is 102 cm³/mol. The summed E-state index contributed by atoms with van der Waals surface area (Å²) in [5, 5.41) is 9.60. The number of aromatic nitrogens is 3. The van der Waals surface area contributed by atoms with Crippen LogP contribution in [0.1, 0.15) is 25.6 Å². The van der Waals surface area contributed by atoms with E-state index in [2.05, 4.69) is 17.1 Å². The van der Waals surface area contributed by atoms with E-state index in [-0.39, 0.29) is 12.5 Å². The highest BCUT2D eigenvalue weighted by atomic mass is 35.5. The molecule has 0 unspecified atom stereocenters. The van der Waals surface area contributed by atoms with Gasteiger partial charge >= 0.3 is 0 Å². The van der Waals surface area contributed by atoms with Crippen molar-refractivity contribution in [2.24, 2.45) is 13.0 Å². The number of nitrogens with zero attached hydrogens (tertiary/aromatic N) is 4. The first-order chi connectivity index (χ1) is 12.5. The third kappa shape index (κ3) is 4.71. The fraction of sp³-hybridized carbons (Fsp3) is 0.500. The fourth-order valence-corrected chi connectivity index (χ4v) is 3.80. The van der Waals surface area contributed by atoms with E-state index < -0.39 is 0 Å². The zero-order chi connectivity index (χ0) is 18.5. The Kier molecular flexibility index (Phi) is 6.43. The van der Waals surface area contributed by atoms with Gasteiger partial charge in [0.2, 0.25) is 5.91 Å². The van der Waals surface area contributed by atoms with Crippen LogP contribution < -0.4 is 4.74 Å². The van der Waals surface area contributed by atoms with Gasteiger partial charge in [0.1, 0.15) is 12.4 Å². The van der Waals surface area contributed by atoms with E-state index in [4.69, 9.17) is 16.3 Å². The topological polar surface area (TPSA) is 60.3 Å². The average Bonchev–Trinajstić information content (AvgIpc) is 2.99. The minimum Gasteiger partial charge on any atom is -0.484 e. The second kappa shape index (κ2) is 8.77. The maximum Gasteiger partial charge on any atom is 0.233 e. The molecular weight excluding hydrogens is 372 g/mol. The highest BCUT2D eigenvalue weighted by Gasteiger charge is 2.21. The molecule has 2 heterocycles. The number of ether oxygens (including phenoxy) is 1. The monoisotopic (exact) mass is 394 g/mol. The first-order valence-corrected chi connectivity index (χ1v) is 10.1. The number of thioether (sulfide) groups is 1. The summed E-state index contributed by atoms with van der Waals surface area (Å²) in [5.74, 6) is 2.56. The first kappa shape index (κ1) is 19.0. The molecule has 0 radical (unpaired) electrons. The molecule has 2 aromatic rings. The van der Waals surface area contributed by atoms with Crippen LogP contribution >= 0.6 is 23.4 Å². The quantitative estimate of drug-likeness (QED) is 0.703. The maximum absolute atomic E-state index is 12.4. The molecule has 0 N–H and O–H groups in total. The number of para-hydroxylation sites is 1. The molecule has 1 aliphatic rings. The molecule has 0 spiro atoms. The molecule has 1 amide bonds. The highest BCUT2D eigenvalue weighted by molar-refractivity contribution is 7.99. The zero-order valence-electron chi connectivity index (χ0n) is 15.0. The van der Waals surface area contributed by atoms with E-state index >= 15 is 0 Å². The van der Waals surface area contributed by atoms with Crippen molar-refractivity contribution in [2.45, 2.75) is 31.5 Å².